The van der Waals surface area contributed by atoms with Gasteiger partial charge in [-0.15, -0.1) is 0 Å². The molecule has 0 aromatic heterocycles. The van der Waals surface area contributed by atoms with E-state index in [4.69, 9.17) is 0 Å². The molecule has 0 unspecified atom stereocenters. The van der Waals surface area contributed by atoms with E-state index in [0.717, 1.165) is 0 Å². The molecule has 0 spiro atoms. The van der Waals surface area contributed by atoms with Crippen molar-refractivity contribution in [3.8, 4) is 0 Å². The summed E-state index contributed by atoms with van der Waals surface area (Å²) < 4.78 is 13.6. The molecule has 1 amide bonds. The second-order valence-corrected chi connectivity index (χ2v) is 5.82. The van der Waals surface area contributed by atoms with Crippen molar-refractivity contribution in [3.63, 3.8) is 0 Å². The number of carbonyl (C=O) groups is 1. The van der Waals surface area contributed by atoms with Crippen LogP contribution in [0.15, 0.2) is 66.7 Å². The minimum absolute atomic E-state index is 0.127. The Balaban J connectivity index is 1.65. The van der Waals surface area contributed by atoms with Crippen molar-refractivity contribution in [1.29, 1.82) is 0 Å². The third kappa shape index (κ3) is 3.60. The minimum atomic E-state index is -0.423. The van der Waals surface area contributed by atoms with Gasteiger partial charge in [0.05, 0.1) is 5.69 Å². The van der Waals surface area contributed by atoms with Crippen LogP contribution in [0.2, 0.25) is 0 Å². The summed E-state index contributed by atoms with van der Waals surface area (Å²) in [6, 6.07) is 20.7. The fraction of sp³-hybridized carbons (Fsp3) is 0.150. The predicted molar refractivity (Wildman–Crippen MR) is 94.2 cm³/mol. The Bertz CT molecular complexity index is 858. The van der Waals surface area contributed by atoms with E-state index in [2.05, 4.69) is 36.5 Å². The summed E-state index contributed by atoms with van der Waals surface area (Å²) >= 11 is 0. The fourth-order valence-electron chi connectivity index (χ4n) is 2.82. The maximum absolute atomic E-state index is 13.6. The standard InChI is InChI=1S/C20H19FN2O/c1-14(16-10-6-8-15-7-2-3-9-17(15)16)22-13-20(24)23-19-12-5-4-11-18(19)21/h2-12,14,22H,13H2,1H3,(H,23,24)/p+1/t14-/m0/s1. The van der Waals surface area contributed by atoms with E-state index in [-0.39, 0.29) is 24.2 Å². The van der Waals surface area contributed by atoms with Crippen LogP contribution in [-0.2, 0) is 4.79 Å². The van der Waals surface area contributed by atoms with Gasteiger partial charge < -0.3 is 10.6 Å². The maximum atomic E-state index is 13.6. The van der Waals surface area contributed by atoms with E-state index >= 15 is 0 Å². The topological polar surface area (TPSA) is 45.7 Å². The van der Waals surface area contributed by atoms with Crippen molar-refractivity contribution in [2.45, 2.75) is 13.0 Å². The zero-order valence-corrected chi connectivity index (χ0v) is 13.5. The molecule has 3 nitrogen and oxygen atoms in total. The van der Waals surface area contributed by atoms with Gasteiger partial charge >= 0.3 is 0 Å². The van der Waals surface area contributed by atoms with Gasteiger partial charge in [0.25, 0.3) is 5.91 Å². The summed E-state index contributed by atoms with van der Waals surface area (Å²) in [5, 5.41) is 6.94. The lowest BCUT2D eigenvalue weighted by Crippen LogP contribution is -2.86. The third-order valence-electron chi connectivity index (χ3n) is 4.12. The number of quaternary nitrogens is 1. The Morgan fingerprint density at radius 1 is 1.04 bits per heavy atom. The number of fused-ring (bicyclic) bond motifs is 1. The zero-order chi connectivity index (χ0) is 16.9. The average molecular weight is 323 g/mol. The molecule has 0 bridgehead atoms. The van der Waals surface area contributed by atoms with E-state index < -0.39 is 5.82 Å². The molecule has 0 radical (unpaired) electrons. The minimum Gasteiger partial charge on any atom is -0.332 e. The van der Waals surface area contributed by atoms with Gasteiger partial charge in [0, 0.05) is 5.56 Å². The first-order valence-corrected chi connectivity index (χ1v) is 8.00. The van der Waals surface area contributed by atoms with E-state index in [1.807, 2.05) is 23.5 Å². The average Bonchev–Trinajstić information content (AvgIpc) is 2.61. The molecular weight excluding hydrogens is 303 g/mol. The number of hydrogen-bond donors (Lipinski definition) is 2. The van der Waals surface area contributed by atoms with Crippen LogP contribution < -0.4 is 10.6 Å². The van der Waals surface area contributed by atoms with Crippen LogP contribution in [0.1, 0.15) is 18.5 Å². The van der Waals surface area contributed by atoms with Gasteiger partial charge in [-0.3, -0.25) is 4.79 Å². The molecule has 0 heterocycles. The number of anilines is 1. The second kappa shape index (κ2) is 7.23. The molecule has 0 aliphatic heterocycles. The lowest BCUT2D eigenvalue weighted by atomic mass is 10.00. The maximum Gasteiger partial charge on any atom is 0.279 e. The van der Waals surface area contributed by atoms with Gasteiger partial charge in [0.2, 0.25) is 0 Å². The molecule has 3 aromatic rings. The number of halogens is 1. The molecular formula is C20H20FN2O+. The first-order valence-electron chi connectivity index (χ1n) is 8.00. The third-order valence-corrected chi connectivity index (χ3v) is 4.12. The zero-order valence-electron chi connectivity index (χ0n) is 13.5. The summed E-state index contributed by atoms with van der Waals surface area (Å²) in [4.78, 5) is 12.1. The Morgan fingerprint density at radius 2 is 1.75 bits per heavy atom. The van der Waals surface area contributed by atoms with Gasteiger partial charge in [0.15, 0.2) is 6.54 Å². The molecule has 4 heteroatoms. The Morgan fingerprint density at radius 3 is 2.58 bits per heavy atom. The Hall–Kier alpha value is -2.72. The van der Waals surface area contributed by atoms with Crippen LogP contribution in [0, 0.1) is 5.82 Å². The summed E-state index contributed by atoms with van der Waals surface area (Å²) in [7, 11) is 0. The highest BCUT2D eigenvalue weighted by Crippen LogP contribution is 2.22. The van der Waals surface area contributed by atoms with Gasteiger partial charge in [-0.1, -0.05) is 54.6 Å². The van der Waals surface area contributed by atoms with Gasteiger partial charge in [0.1, 0.15) is 11.9 Å². The summed E-state index contributed by atoms with van der Waals surface area (Å²) in [5.41, 5.74) is 1.40. The van der Waals surface area contributed by atoms with Crippen molar-refractivity contribution in [1.82, 2.24) is 0 Å². The van der Waals surface area contributed by atoms with Crippen molar-refractivity contribution >= 4 is 22.4 Å². The molecule has 3 rings (SSSR count). The lowest BCUT2D eigenvalue weighted by Gasteiger charge is -2.14. The Labute approximate surface area is 140 Å². The van der Waals surface area contributed by atoms with Crippen molar-refractivity contribution in [2.24, 2.45) is 0 Å². The smallest absolute Gasteiger partial charge is 0.279 e. The molecule has 3 aromatic carbocycles. The molecule has 0 aliphatic carbocycles. The normalized spacial score (nSPS) is 12.1. The number of para-hydroxylation sites is 1. The highest BCUT2D eigenvalue weighted by atomic mass is 19.1. The molecule has 0 fully saturated rings. The first kappa shape index (κ1) is 16.1. The van der Waals surface area contributed by atoms with E-state index in [1.165, 1.54) is 22.4 Å². The van der Waals surface area contributed by atoms with Crippen LogP contribution in [-0.4, -0.2) is 12.5 Å². The highest BCUT2D eigenvalue weighted by molar-refractivity contribution is 5.91. The number of benzene rings is 3. The molecule has 0 saturated heterocycles. The van der Waals surface area contributed by atoms with Crippen LogP contribution in [0.4, 0.5) is 10.1 Å². The molecule has 24 heavy (non-hydrogen) atoms. The molecule has 122 valence electrons. The number of rotatable bonds is 5. The molecule has 3 N–H and O–H groups in total. The summed E-state index contributed by atoms with van der Waals surface area (Å²) in [6.07, 6.45) is 0. The van der Waals surface area contributed by atoms with Crippen molar-refractivity contribution < 1.29 is 14.5 Å². The number of amides is 1. The molecule has 0 saturated carbocycles. The lowest BCUT2D eigenvalue weighted by molar-refractivity contribution is -0.682. The van der Waals surface area contributed by atoms with E-state index in [0.29, 0.717) is 0 Å². The first-order chi connectivity index (χ1) is 11.6. The second-order valence-electron chi connectivity index (χ2n) is 5.82. The van der Waals surface area contributed by atoms with Gasteiger partial charge in [-0.2, -0.15) is 0 Å². The van der Waals surface area contributed by atoms with Crippen LogP contribution in [0.5, 0.6) is 0 Å². The van der Waals surface area contributed by atoms with Crippen LogP contribution in [0.25, 0.3) is 10.8 Å². The summed E-state index contributed by atoms with van der Waals surface area (Å²) in [6.45, 7) is 2.30. The van der Waals surface area contributed by atoms with Crippen LogP contribution >= 0.6 is 0 Å². The molecule has 0 aliphatic rings. The van der Waals surface area contributed by atoms with Gasteiger partial charge in [-0.25, -0.2) is 4.39 Å². The fourth-order valence-corrected chi connectivity index (χ4v) is 2.82. The summed E-state index contributed by atoms with van der Waals surface area (Å²) in [5.74, 6) is -0.639. The van der Waals surface area contributed by atoms with E-state index in [9.17, 15) is 9.18 Å². The van der Waals surface area contributed by atoms with E-state index in [1.54, 1.807) is 18.2 Å². The van der Waals surface area contributed by atoms with Crippen molar-refractivity contribution in [2.75, 3.05) is 11.9 Å². The van der Waals surface area contributed by atoms with Crippen molar-refractivity contribution in [3.05, 3.63) is 78.1 Å². The largest absolute Gasteiger partial charge is 0.332 e. The van der Waals surface area contributed by atoms with Gasteiger partial charge in [-0.05, 0) is 29.8 Å². The number of carbonyl (C=O) groups excluding carboxylic acids is 1. The number of nitrogens with one attached hydrogen (secondary N) is 1. The highest BCUT2D eigenvalue weighted by Gasteiger charge is 2.14. The Kier molecular flexibility index (Phi) is 4.87. The monoisotopic (exact) mass is 323 g/mol. The molecule has 1 atom stereocenters. The predicted octanol–water partition coefficient (Wildman–Crippen LogP) is 3.24. The number of hydrogen-bond acceptors (Lipinski definition) is 1. The SMILES string of the molecule is C[C@H]([NH2+]CC(=O)Nc1ccccc1F)c1cccc2ccccc12. The van der Waals surface area contributed by atoms with Crippen LogP contribution in [0.3, 0.4) is 0 Å². The quantitative estimate of drug-likeness (QED) is 0.744. The number of nitrogens with two attached hydrogens (primary N) is 1.